The van der Waals surface area contributed by atoms with Gasteiger partial charge in [-0.1, -0.05) is 238 Å². The number of nitrogens with zero attached hydrogens (tertiary/aromatic N) is 3. The number of carbonyl (C=O) groups is 2. The molecule has 0 saturated heterocycles. The number of unbranched alkanes of at least 4 members (excludes halogenated alkanes) is 28. The molecule has 0 aliphatic heterocycles. The molecule has 10 heteroatoms. The zero-order valence-electron chi connectivity index (χ0n) is 38.7. The number of benzene rings is 1. The normalized spacial score (nSPS) is 11.8. The molecular weight excluding hydrogens is 787 g/mol. The molecular formula is C50H84Cl2N6O2. The molecule has 3 aromatic rings. The van der Waals surface area contributed by atoms with Crippen LogP contribution in [-0.2, 0) is 15.0 Å². The number of rotatable bonds is 35. The second kappa shape index (κ2) is 30.5. The maximum atomic E-state index is 13.2. The molecule has 3 rings (SSSR count). The summed E-state index contributed by atoms with van der Waals surface area (Å²) in [6.07, 6.45) is 39.2. The smallest absolute Gasteiger partial charge is 0.224 e. The predicted octanol–water partition coefficient (Wildman–Crippen LogP) is 16.7. The Balaban J connectivity index is 1.46. The van der Waals surface area contributed by atoms with Gasteiger partial charge < -0.3 is 10.6 Å². The van der Waals surface area contributed by atoms with E-state index in [1.807, 2.05) is 0 Å². The monoisotopic (exact) mass is 871 g/mol. The zero-order chi connectivity index (χ0) is 43.4. The molecule has 0 saturated carbocycles. The quantitative estimate of drug-likeness (QED) is 0.0512. The van der Waals surface area contributed by atoms with Gasteiger partial charge in [0.2, 0.25) is 11.8 Å². The predicted molar refractivity (Wildman–Crippen MR) is 258 cm³/mol. The number of halogens is 2. The first-order valence-electron chi connectivity index (χ1n) is 24.6. The third-order valence-electron chi connectivity index (χ3n) is 11.9. The van der Waals surface area contributed by atoms with Crippen LogP contribution in [0.25, 0.3) is 17.0 Å². The van der Waals surface area contributed by atoms with Gasteiger partial charge in [-0.3, -0.25) is 14.7 Å². The second-order valence-electron chi connectivity index (χ2n) is 18.6. The van der Waals surface area contributed by atoms with Gasteiger partial charge in [-0.05, 0) is 25.0 Å². The van der Waals surface area contributed by atoms with Crippen LogP contribution >= 0.6 is 23.2 Å². The Morgan fingerprint density at radius 2 is 0.883 bits per heavy atom. The van der Waals surface area contributed by atoms with Crippen LogP contribution in [0, 0.1) is 0 Å². The fraction of sp³-hybridized carbons (Fsp3) is 0.760. The lowest BCUT2D eigenvalue weighted by Gasteiger charge is -2.16. The first-order valence-corrected chi connectivity index (χ1v) is 25.4. The van der Waals surface area contributed by atoms with Crippen LogP contribution in [0.1, 0.15) is 246 Å². The van der Waals surface area contributed by atoms with Crippen LogP contribution in [0.15, 0.2) is 12.1 Å². The molecule has 60 heavy (non-hydrogen) atoms. The minimum Gasteiger partial charge on any atom is -0.325 e. The van der Waals surface area contributed by atoms with Crippen LogP contribution in [0.2, 0.25) is 10.0 Å². The largest absolute Gasteiger partial charge is 0.325 e. The lowest BCUT2D eigenvalue weighted by Crippen LogP contribution is -2.15. The van der Waals surface area contributed by atoms with Gasteiger partial charge >= 0.3 is 0 Å². The summed E-state index contributed by atoms with van der Waals surface area (Å²) in [5.41, 5.74) is 2.64. The minimum atomic E-state index is -0.214. The molecule has 340 valence electrons. The van der Waals surface area contributed by atoms with Gasteiger partial charge in [0.1, 0.15) is 5.02 Å². The number of hydrogen-bond donors (Lipinski definition) is 3. The highest BCUT2D eigenvalue weighted by molar-refractivity contribution is 6.37. The number of carbonyl (C=O) groups excluding carboxylic acids is 2. The Morgan fingerprint density at radius 3 is 1.20 bits per heavy atom. The number of aromatic nitrogens is 4. The minimum absolute atomic E-state index is 0.0958. The number of aromatic amines is 1. The van der Waals surface area contributed by atoms with Gasteiger partial charge in [0.05, 0.1) is 22.1 Å². The lowest BCUT2D eigenvalue weighted by molar-refractivity contribution is -0.117. The van der Waals surface area contributed by atoms with Crippen molar-refractivity contribution in [3.05, 3.63) is 27.9 Å². The maximum Gasteiger partial charge on any atom is 0.224 e. The average molecular weight is 872 g/mol. The van der Waals surface area contributed by atoms with E-state index in [1.165, 1.54) is 154 Å². The standard InChI is InChI=1S/C50H84Cl2N6O2/c1-6-8-10-12-14-16-18-20-22-24-26-28-30-32-34-36-43(59)53-41-38-40(48-55-49-46(52)47(50(3,4)5)56-58(49)57-48)39-42(45(41)51)54-44(60)37-35-33-31-29-27-25-23-21-19-17-15-13-11-9-7-2/h38-39,56H,6-37H2,1-5H3,(H,53,59)(H,54,60). The van der Waals surface area contributed by atoms with Crippen LogP contribution in [-0.4, -0.2) is 31.6 Å². The molecule has 2 aromatic heterocycles. The van der Waals surface area contributed by atoms with Crippen molar-refractivity contribution >= 4 is 52.0 Å². The Morgan fingerprint density at radius 1 is 0.550 bits per heavy atom. The molecule has 0 aliphatic rings. The van der Waals surface area contributed by atoms with Crippen molar-refractivity contribution in [3.8, 4) is 11.4 Å². The molecule has 0 aliphatic carbocycles. The van der Waals surface area contributed by atoms with E-state index in [0.717, 1.165) is 44.2 Å². The molecule has 0 atom stereocenters. The van der Waals surface area contributed by atoms with Crippen LogP contribution in [0.5, 0.6) is 0 Å². The highest BCUT2D eigenvalue weighted by Gasteiger charge is 2.25. The summed E-state index contributed by atoms with van der Waals surface area (Å²) in [5, 5.41) is 14.8. The first kappa shape index (κ1) is 51.8. The zero-order valence-corrected chi connectivity index (χ0v) is 40.2. The van der Waals surface area contributed by atoms with Crippen molar-refractivity contribution in [1.29, 1.82) is 0 Å². The summed E-state index contributed by atoms with van der Waals surface area (Å²) >= 11 is 13.7. The summed E-state index contributed by atoms with van der Waals surface area (Å²) in [4.78, 5) is 31.2. The molecule has 3 N–H and O–H groups in total. The fourth-order valence-corrected chi connectivity index (χ4v) is 8.74. The highest BCUT2D eigenvalue weighted by Crippen LogP contribution is 2.37. The molecule has 1 aromatic carbocycles. The van der Waals surface area contributed by atoms with E-state index in [9.17, 15) is 9.59 Å². The number of amides is 2. The van der Waals surface area contributed by atoms with Crippen molar-refractivity contribution in [2.45, 2.75) is 245 Å². The van der Waals surface area contributed by atoms with E-state index in [-0.39, 0.29) is 17.2 Å². The van der Waals surface area contributed by atoms with Crippen molar-refractivity contribution in [2.75, 3.05) is 10.6 Å². The summed E-state index contributed by atoms with van der Waals surface area (Å²) in [6.45, 7) is 10.8. The fourth-order valence-electron chi connectivity index (χ4n) is 8.09. The molecule has 8 nitrogen and oxygen atoms in total. The van der Waals surface area contributed by atoms with Crippen LogP contribution < -0.4 is 10.6 Å². The second-order valence-corrected chi connectivity index (χ2v) is 19.4. The number of hydrogen-bond acceptors (Lipinski definition) is 4. The summed E-state index contributed by atoms with van der Waals surface area (Å²) in [5.74, 6) is 0.222. The van der Waals surface area contributed by atoms with Crippen molar-refractivity contribution < 1.29 is 9.59 Å². The Kier molecular flexibility index (Phi) is 26.3. The van der Waals surface area contributed by atoms with Crippen LogP contribution in [0.4, 0.5) is 11.4 Å². The molecule has 0 unspecified atom stereocenters. The highest BCUT2D eigenvalue weighted by atomic mass is 35.5. The molecule has 0 spiro atoms. The first-order chi connectivity index (χ1) is 29.0. The number of anilines is 2. The van der Waals surface area contributed by atoms with Crippen molar-refractivity contribution in [2.24, 2.45) is 0 Å². The SMILES string of the molecule is CCCCCCCCCCCCCCCCCC(=O)Nc1cc(-c2nc3c(Cl)c(C(C)(C)C)[nH]n3n2)cc(NC(=O)CCCCCCCCCCCCCCCCC)c1Cl. The summed E-state index contributed by atoms with van der Waals surface area (Å²) < 4.78 is 1.58. The average Bonchev–Trinajstić information content (AvgIpc) is 3.78. The van der Waals surface area contributed by atoms with Gasteiger partial charge in [-0.2, -0.15) is 4.63 Å². The molecule has 2 heterocycles. The lowest BCUT2D eigenvalue weighted by atomic mass is 9.92. The Hall–Kier alpha value is -2.58. The molecule has 2 amide bonds. The van der Waals surface area contributed by atoms with Gasteiger partial charge in [-0.25, -0.2) is 4.98 Å². The van der Waals surface area contributed by atoms with Gasteiger partial charge in [-0.15, -0.1) is 5.10 Å². The van der Waals surface area contributed by atoms with Gasteiger partial charge in [0.25, 0.3) is 0 Å². The van der Waals surface area contributed by atoms with Gasteiger partial charge in [0.15, 0.2) is 11.5 Å². The summed E-state index contributed by atoms with van der Waals surface area (Å²) in [6, 6.07) is 3.56. The van der Waals surface area contributed by atoms with Gasteiger partial charge in [0, 0.05) is 23.8 Å². The molecule has 0 fully saturated rings. The van der Waals surface area contributed by atoms with Crippen molar-refractivity contribution in [3.63, 3.8) is 0 Å². The van der Waals surface area contributed by atoms with E-state index >= 15 is 0 Å². The van der Waals surface area contributed by atoms with Crippen molar-refractivity contribution in [1.82, 2.24) is 19.8 Å². The van der Waals surface area contributed by atoms with E-state index in [2.05, 4.69) is 55.4 Å². The summed E-state index contributed by atoms with van der Waals surface area (Å²) in [7, 11) is 0. The maximum absolute atomic E-state index is 13.2. The van der Waals surface area contributed by atoms with Crippen LogP contribution in [0.3, 0.4) is 0 Å². The number of H-pyrrole nitrogens is 1. The number of fused-ring (bicyclic) bond motifs is 1. The Bertz CT molecular complexity index is 1560. The Labute approximate surface area is 375 Å². The van der Waals surface area contributed by atoms with E-state index < -0.39 is 0 Å². The van der Waals surface area contributed by atoms with E-state index in [4.69, 9.17) is 28.2 Å². The molecule has 0 bridgehead atoms. The topological polar surface area (TPSA) is 104 Å². The van der Waals surface area contributed by atoms with E-state index in [0.29, 0.717) is 51.3 Å². The third kappa shape index (κ3) is 20.5. The third-order valence-corrected chi connectivity index (χ3v) is 12.6. The van der Waals surface area contributed by atoms with E-state index in [1.54, 1.807) is 16.8 Å². The number of nitrogens with one attached hydrogen (secondary N) is 3. The molecule has 0 radical (unpaired) electrons.